The number of rotatable bonds is 5. The van der Waals surface area contributed by atoms with Crippen LogP contribution in [0, 0.1) is 11.8 Å². The highest BCUT2D eigenvalue weighted by Gasteiger charge is 2.24. The van der Waals surface area contributed by atoms with Gasteiger partial charge in [0.25, 0.3) is 0 Å². The third-order valence-electron chi connectivity index (χ3n) is 4.92. The minimum absolute atomic E-state index is 0.254. The molecule has 1 saturated carbocycles. The van der Waals surface area contributed by atoms with Crippen LogP contribution in [0.15, 0.2) is 0 Å². The van der Waals surface area contributed by atoms with Crippen molar-refractivity contribution in [3.8, 4) is 0 Å². The average Bonchev–Trinajstić information content (AvgIpc) is 2.46. The van der Waals surface area contributed by atoms with Crippen molar-refractivity contribution in [2.24, 2.45) is 11.8 Å². The summed E-state index contributed by atoms with van der Waals surface area (Å²) in [4.78, 5) is 24.8. The van der Waals surface area contributed by atoms with Crippen molar-refractivity contribution < 1.29 is 14.7 Å². The number of nitrogens with zero attached hydrogens (tertiary/aromatic N) is 1. The maximum atomic E-state index is 12.2. The second-order valence-corrected chi connectivity index (χ2v) is 6.46. The number of carbonyl (C=O) groups excluding carboxylic acids is 1. The third-order valence-corrected chi connectivity index (χ3v) is 4.92. The summed E-state index contributed by atoms with van der Waals surface area (Å²) in [6.07, 6.45) is 10.3. The molecule has 4 nitrogen and oxygen atoms in total. The van der Waals surface area contributed by atoms with Gasteiger partial charge in [0.05, 0.1) is 0 Å². The van der Waals surface area contributed by atoms with Crippen LogP contribution in [0.2, 0.25) is 0 Å². The fourth-order valence-electron chi connectivity index (χ4n) is 3.59. The Kier molecular flexibility index (Phi) is 5.86. The molecule has 0 spiro atoms. The minimum atomic E-state index is -0.716. The Bertz CT molecular complexity index is 329. The van der Waals surface area contributed by atoms with Crippen LogP contribution in [-0.2, 0) is 9.59 Å². The van der Waals surface area contributed by atoms with E-state index in [1.807, 2.05) is 4.90 Å². The first-order valence-electron chi connectivity index (χ1n) is 8.14. The Morgan fingerprint density at radius 2 is 1.60 bits per heavy atom. The molecule has 0 unspecified atom stereocenters. The summed E-state index contributed by atoms with van der Waals surface area (Å²) in [5.41, 5.74) is 0. The van der Waals surface area contributed by atoms with E-state index in [2.05, 4.69) is 0 Å². The van der Waals surface area contributed by atoms with Crippen molar-refractivity contribution in [1.29, 1.82) is 0 Å². The first kappa shape index (κ1) is 15.3. The van der Waals surface area contributed by atoms with Crippen LogP contribution in [0.5, 0.6) is 0 Å². The zero-order chi connectivity index (χ0) is 14.4. The van der Waals surface area contributed by atoms with Gasteiger partial charge in [-0.3, -0.25) is 9.59 Å². The Labute approximate surface area is 121 Å². The Hall–Kier alpha value is -1.06. The summed E-state index contributed by atoms with van der Waals surface area (Å²) >= 11 is 0. The van der Waals surface area contributed by atoms with Gasteiger partial charge in [-0.2, -0.15) is 0 Å². The molecule has 1 aliphatic heterocycles. The Balaban J connectivity index is 1.65. The van der Waals surface area contributed by atoms with Gasteiger partial charge in [0.15, 0.2) is 0 Å². The molecule has 1 amide bonds. The lowest BCUT2D eigenvalue weighted by Crippen LogP contribution is -2.39. The number of likely N-dealkylation sites (tertiary alicyclic amines) is 1. The lowest BCUT2D eigenvalue weighted by atomic mass is 9.86. The second kappa shape index (κ2) is 7.65. The standard InChI is InChI=1S/C16H27NO3/c18-15(7-6-13-4-2-1-3-5-13)17-10-8-14(9-11-17)12-16(19)20/h13-14H,1-12H2,(H,19,20). The summed E-state index contributed by atoms with van der Waals surface area (Å²) < 4.78 is 0. The SMILES string of the molecule is O=C(O)CC1CCN(C(=O)CCC2CCCCC2)CC1. The zero-order valence-electron chi connectivity index (χ0n) is 12.4. The van der Waals surface area contributed by atoms with Crippen LogP contribution in [0.25, 0.3) is 0 Å². The number of aliphatic carboxylic acids is 1. The lowest BCUT2D eigenvalue weighted by molar-refractivity contribution is -0.138. The molecule has 0 bridgehead atoms. The largest absolute Gasteiger partial charge is 0.481 e. The Morgan fingerprint density at radius 3 is 2.20 bits per heavy atom. The van der Waals surface area contributed by atoms with Crippen LogP contribution in [0.1, 0.15) is 64.2 Å². The van der Waals surface area contributed by atoms with Crippen LogP contribution < -0.4 is 0 Å². The number of hydrogen-bond donors (Lipinski definition) is 1. The van der Waals surface area contributed by atoms with Crippen LogP contribution in [0.4, 0.5) is 0 Å². The highest BCUT2D eigenvalue weighted by molar-refractivity contribution is 5.76. The van der Waals surface area contributed by atoms with E-state index in [9.17, 15) is 9.59 Å². The van der Waals surface area contributed by atoms with E-state index in [1.54, 1.807) is 0 Å². The highest BCUT2D eigenvalue weighted by atomic mass is 16.4. The van der Waals surface area contributed by atoms with Gasteiger partial charge in [-0.15, -0.1) is 0 Å². The van der Waals surface area contributed by atoms with Crippen molar-refractivity contribution in [2.45, 2.75) is 64.2 Å². The van der Waals surface area contributed by atoms with Crippen molar-refractivity contribution in [3.05, 3.63) is 0 Å². The normalized spacial score (nSPS) is 21.9. The quantitative estimate of drug-likeness (QED) is 0.842. The highest BCUT2D eigenvalue weighted by Crippen LogP contribution is 2.28. The molecule has 2 aliphatic rings. The van der Waals surface area contributed by atoms with E-state index >= 15 is 0 Å². The molecule has 4 heteroatoms. The molecular weight excluding hydrogens is 254 g/mol. The molecule has 0 atom stereocenters. The molecule has 0 aromatic heterocycles. The van der Waals surface area contributed by atoms with E-state index in [0.717, 1.165) is 38.3 Å². The fraction of sp³-hybridized carbons (Fsp3) is 0.875. The maximum absolute atomic E-state index is 12.2. The number of carboxylic acids is 1. The monoisotopic (exact) mass is 281 g/mol. The molecule has 114 valence electrons. The molecular formula is C16H27NO3. The first-order chi connectivity index (χ1) is 9.65. The van der Waals surface area contributed by atoms with Gasteiger partial charge >= 0.3 is 5.97 Å². The molecule has 20 heavy (non-hydrogen) atoms. The summed E-state index contributed by atoms with van der Waals surface area (Å²) in [6, 6.07) is 0. The van der Waals surface area contributed by atoms with Crippen molar-refractivity contribution in [3.63, 3.8) is 0 Å². The van der Waals surface area contributed by atoms with Crippen molar-refractivity contribution in [2.75, 3.05) is 13.1 Å². The van der Waals surface area contributed by atoms with Gasteiger partial charge in [-0.05, 0) is 31.1 Å². The van der Waals surface area contributed by atoms with Crippen LogP contribution in [-0.4, -0.2) is 35.0 Å². The first-order valence-corrected chi connectivity index (χ1v) is 8.14. The third kappa shape index (κ3) is 4.80. The summed E-state index contributed by atoms with van der Waals surface area (Å²) in [6.45, 7) is 1.50. The summed E-state index contributed by atoms with van der Waals surface area (Å²) in [7, 11) is 0. The number of carbonyl (C=O) groups is 2. The smallest absolute Gasteiger partial charge is 0.303 e. The molecule has 1 saturated heterocycles. The van der Waals surface area contributed by atoms with E-state index in [0.29, 0.717) is 6.42 Å². The van der Waals surface area contributed by atoms with E-state index in [1.165, 1.54) is 32.1 Å². The molecule has 1 aliphatic carbocycles. The number of amides is 1. The molecule has 1 N–H and O–H groups in total. The van der Waals surface area contributed by atoms with Gasteiger partial charge in [-0.25, -0.2) is 0 Å². The van der Waals surface area contributed by atoms with Gasteiger partial charge in [-0.1, -0.05) is 32.1 Å². The number of carboxylic acid groups (broad SMARTS) is 1. The molecule has 1 heterocycles. The maximum Gasteiger partial charge on any atom is 0.303 e. The van der Waals surface area contributed by atoms with E-state index in [4.69, 9.17) is 5.11 Å². The molecule has 2 rings (SSSR count). The second-order valence-electron chi connectivity index (χ2n) is 6.46. The summed E-state index contributed by atoms with van der Waals surface area (Å²) in [5.74, 6) is 0.587. The van der Waals surface area contributed by atoms with Gasteiger partial charge < -0.3 is 10.0 Å². The minimum Gasteiger partial charge on any atom is -0.481 e. The van der Waals surface area contributed by atoms with Crippen LogP contribution >= 0.6 is 0 Å². The Morgan fingerprint density at radius 1 is 0.950 bits per heavy atom. The summed E-state index contributed by atoms with van der Waals surface area (Å²) in [5, 5.41) is 8.79. The predicted molar refractivity (Wildman–Crippen MR) is 77.4 cm³/mol. The van der Waals surface area contributed by atoms with Gasteiger partial charge in [0.1, 0.15) is 0 Å². The zero-order valence-corrected chi connectivity index (χ0v) is 12.4. The molecule has 0 radical (unpaired) electrons. The predicted octanol–water partition coefficient (Wildman–Crippen LogP) is 3.06. The lowest BCUT2D eigenvalue weighted by Gasteiger charge is -2.32. The van der Waals surface area contributed by atoms with E-state index in [-0.39, 0.29) is 18.2 Å². The van der Waals surface area contributed by atoms with E-state index < -0.39 is 5.97 Å². The molecule has 0 aromatic rings. The van der Waals surface area contributed by atoms with Crippen molar-refractivity contribution >= 4 is 11.9 Å². The number of piperidine rings is 1. The van der Waals surface area contributed by atoms with Gasteiger partial charge in [0.2, 0.25) is 5.91 Å². The van der Waals surface area contributed by atoms with Gasteiger partial charge in [0, 0.05) is 25.9 Å². The van der Waals surface area contributed by atoms with Crippen molar-refractivity contribution in [1.82, 2.24) is 4.90 Å². The average molecular weight is 281 g/mol. The molecule has 0 aromatic carbocycles. The molecule has 2 fully saturated rings. The topological polar surface area (TPSA) is 57.6 Å². The number of hydrogen-bond acceptors (Lipinski definition) is 2. The fourth-order valence-corrected chi connectivity index (χ4v) is 3.59. The van der Waals surface area contributed by atoms with Crippen LogP contribution in [0.3, 0.4) is 0 Å².